The van der Waals surface area contributed by atoms with Crippen LogP contribution in [-0.4, -0.2) is 9.55 Å². The molecular weight excluding hydrogens is 629 g/mol. The summed E-state index contributed by atoms with van der Waals surface area (Å²) >= 11 is 0. The highest BCUT2D eigenvalue weighted by Crippen LogP contribution is 2.38. The van der Waals surface area contributed by atoms with Crippen LogP contribution in [0.3, 0.4) is 0 Å². The summed E-state index contributed by atoms with van der Waals surface area (Å²) in [5.41, 5.74) is 15.2. The maximum absolute atomic E-state index is 4.66. The summed E-state index contributed by atoms with van der Waals surface area (Å²) in [6, 6.07) is 43.5. The molecule has 0 saturated carbocycles. The lowest BCUT2D eigenvalue weighted by molar-refractivity contribution is 1.06. The molecule has 0 unspecified atom stereocenters. The molecule has 7 rings (SSSR count). The standard InChI is InChI=1S/C34H30N2.C8H10.C4H8.2C2H6/c1-5-26-27(30-13-8-9-18-35-30)12-10-15-31(26)36-32-14-7-6-11-28(32)29-21-25(16-17-33(29)36)34-23(3)19-22(2)20-24(34)4;1-2-8-6-4-3-5-7-8;1-3-4-2;2*1-2/h6-21H,5H2,1-4H3;3-7H,2H2,1H3;3-4H,1-2H3;2*1-2H3/b;;4-3-;;. The second-order valence-corrected chi connectivity index (χ2v) is 12.2. The minimum atomic E-state index is 0.927. The third-order valence-electron chi connectivity index (χ3n) is 8.91. The molecule has 2 aromatic heterocycles. The third-order valence-corrected chi connectivity index (χ3v) is 8.91. The number of aromatic nitrogens is 2. The summed E-state index contributed by atoms with van der Waals surface area (Å²) in [6.45, 7) is 23.0. The molecule has 0 saturated heterocycles. The lowest BCUT2D eigenvalue weighted by atomic mass is 9.93. The van der Waals surface area contributed by atoms with Crippen molar-refractivity contribution in [2.75, 3.05) is 0 Å². The Morgan fingerprint density at radius 1 is 0.577 bits per heavy atom. The summed E-state index contributed by atoms with van der Waals surface area (Å²) in [6.07, 6.45) is 7.94. The highest BCUT2D eigenvalue weighted by atomic mass is 15.0. The van der Waals surface area contributed by atoms with Crippen molar-refractivity contribution in [3.05, 3.63) is 167 Å². The average Bonchev–Trinajstić information content (AvgIpc) is 3.53. The van der Waals surface area contributed by atoms with E-state index in [1.165, 1.54) is 72.0 Å². The first-order chi connectivity index (χ1) is 25.4. The summed E-state index contributed by atoms with van der Waals surface area (Å²) < 4.78 is 2.44. The quantitative estimate of drug-likeness (QED) is 0.165. The number of allylic oxidation sites excluding steroid dienone is 2. The van der Waals surface area contributed by atoms with Crippen molar-refractivity contribution in [2.24, 2.45) is 0 Å². The van der Waals surface area contributed by atoms with Gasteiger partial charge in [-0.15, -0.1) is 0 Å². The number of benzene rings is 5. The largest absolute Gasteiger partial charge is 0.309 e. The zero-order valence-electron chi connectivity index (χ0n) is 33.6. The Bertz CT molecular complexity index is 2110. The minimum absolute atomic E-state index is 0.927. The SMILES string of the molecule is C/C=C\C.CC.CC.CCc1c(-c2ccccn2)cccc1-n1c2ccccc2c2cc(-c3c(C)cc(C)cc3C)ccc21.CCc1ccccc1. The molecule has 2 nitrogen and oxygen atoms in total. The van der Waals surface area contributed by atoms with Gasteiger partial charge in [0.1, 0.15) is 0 Å². The predicted octanol–water partition coefficient (Wildman–Crippen LogP) is 14.9. The highest BCUT2D eigenvalue weighted by Gasteiger charge is 2.18. The first-order valence-electron chi connectivity index (χ1n) is 19.2. The van der Waals surface area contributed by atoms with Crippen molar-refractivity contribution >= 4 is 21.8 Å². The molecule has 0 aliphatic rings. The first kappa shape index (κ1) is 41.2. The Labute approximate surface area is 314 Å². The van der Waals surface area contributed by atoms with Crippen LogP contribution in [0.4, 0.5) is 0 Å². The van der Waals surface area contributed by atoms with Gasteiger partial charge in [0.25, 0.3) is 0 Å². The Morgan fingerprint density at radius 3 is 1.77 bits per heavy atom. The summed E-state index contributed by atoms with van der Waals surface area (Å²) in [7, 11) is 0. The normalized spacial score (nSPS) is 10.3. The van der Waals surface area contributed by atoms with E-state index in [1.807, 2.05) is 72.0 Å². The van der Waals surface area contributed by atoms with Gasteiger partial charge < -0.3 is 4.57 Å². The first-order valence-corrected chi connectivity index (χ1v) is 19.2. The molecule has 7 aromatic rings. The number of rotatable bonds is 5. The zero-order valence-corrected chi connectivity index (χ0v) is 33.6. The van der Waals surface area contributed by atoms with Gasteiger partial charge in [0, 0.05) is 22.5 Å². The maximum Gasteiger partial charge on any atom is 0.0705 e. The molecule has 2 heteroatoms. The number of hydrogen-bond acceptors (Lipinski definition) is 1. The van der Waals surface area contributed by atoms with Crippen LogP contribution in [0.2, 0.25) is 0 Å². The molecule has 0 aliphatic carbocycles. The van der Waals surface area contributed by atoms with Gasteiger partial charge in [-0.3, -0.25) is 4.98 Å². The monoisotopic (exact) mass is 688 g/mol. The number of fused-ring (bicyclic) bond motifs is 3. The van der Waals surface area contributed by atoms with Crippen LogP contribution in [0.25, 0.3) is 49.9 Å². The van der Waals surface area contributed by atoms with Crippen molar-refractivity contribution < 1.29 is 0 Å². The lowest BCUT2D eigenvalue weighted by Crippen LogP contribution is -2.01. The highest BCUT2D eigenvalue weighted by molar-refractivity contribution is 6.10. The second kappa shape index (κ2) is 21.2. The van der Waals surface area contributed by atoms with E-state index in [1.54, 1.807) is 0 Å². The lowest BCUT2D eigenvalue weighted by Gasteiger charge is -2.17. The van der Waals surface area contributed by atoms with E-state index in [9.17, 15) is 0 Å². The van der Waals surface area contributed by atoms with E-state index >= 15 is 0 Å². The minimum Gasteiger partial charge on any atom is -0.309 e. The van der Waals surface area contributed by atoms with Gasteiger partial charge in [0.2, 0.25) is 0 Å². The van der Waals surface area contributed by atoms with E-state index < -0.39 is 0 Å². The zero-order chi connectivity index (χ0) is 38.0. The number of para-hydroxylation sites is 1. The van der Waals surface area contributed by atoms with Crippen LogP contribution in [-0.2, 0) is 12.8 Å². The van der Waals surface area contributed by atoms with Crippen molar-refractivity contribution in [1.82, 2.24) is 9.55 Å². The van der Waals surface area contributed by atoms with Gasteiger partial charge in [0.05, 0.1) is 22.4 Å². The topological polar surface area (TPSA) is 17.8 Å². The van der Waals surface area contributed by atoms with Crippen LogP contribution >= 0.6 is 0 Å². The average molecular weight is 689 g/mol. The number of aryl methyl sites for hydroxylation is 4. The van der Waals surface area contributed by atoms with Crippen LogP contribution in [0.1, 0.15) is 83.2 Å². The fraction of sp³-hybridized carbons (Fsp3) is 0.260. The number of nitrogens with zero attached hydrogens (tertiary/aromatic N) is 2. The van der Waals surface area contributed by atoms with Gasteiger partial charge in [-0.05, 0) is 117 Å². The van der Waals surface area contributed by atoms with Crippen molar-refractivity contribution in [1.29, 1.82) is 0 Å². The summed E-state index contributed by atoms with van der Waals surface area (Å²) in [5, 5.41) is 2.56. The maximum atomic E-state index is 4.66. The van der Waals surface area contributed by atoms with Crippen molar-refractivity contribution in [3.8, 4) is 28.1 Å². The van der Waals surface area contributed by atoms with E-state index in [-0.39, 0.29) is 0 Å². The molecule has 270 valence electrons. The predicted molar refractivity (Wildman–Crippen MR) is 232 cm³/mol. The summed E-state index contributed by atoms with van der Waals surface area (Å²) in [5.74, 6) is 0. The Hall–Kier alpha value is -5.21. The van der Waals surface area contributed by atoms with E-state index in [4.69, 9.17) is 0 Å². The Morgan fingerprint density at radius 2 is 1.19 bits per heavy atom. The number of pyridine rings is 1. The van der Waals surface area contributed by atoms with Crippen LogP contribution in [0.15, 0.2) is 140 Å². The molecule has 0 spiro atoms. The van der Waals surface area contributed by atoms with Crippen LogP contribution in [0, 0.1) is 20.8 Å². The molecular formula is C50H60N2. The summed E-state index contributed by atoms with van der Waals surface area (Å²) in [4.78, 5) is 4.66. The van der Waals surface area contributed by atoms with E-state index in [0.29, 0.717) is 0 Å². The molecule has 0 atom stereocenters. The molecule has 0 N–H and O–H groups in total. The smallest absolute Gasteiger partial charge is 0.0705 e. The fourth-order valence-electron chi connectivity index (χ4n) is 6.65. The fourth-order valence-corrected chi connectivity index (χ4v) is 6.65. The van der Waals surface area contributed by atoms with Gasteiger partial charge in [-0.2, -0.15) is 0 Å². The van der Waals surface area contributed by atoms with E-state index in [2.05, 4.69) is 153 Å². The van der Waals surface area contributed by atoms with Crippen LogP contribution < -0.4 is 0 Å². The molecule has 0 amide bonds. The Kier molecular flexibility index (Phi) is 16.8. The van der Waals surface area contributed by atoms with Gasteiger partial charge in [0.15, 0.2) is 0 Å². The number of hydrogen-bond donors (Lipinski definition) is 0. The third kappa shape index (κ3) is 9.76. The molecule has 0 radical (unpaired) electrons. The van der Waals surface area contributed by atoms with Crippen LogP contribution in [0.5, 0.6) is 0 Å². The van der Waals surface area contributed by atoms with Gasteiger partial charge >= 0.3 is 0 Å². The van der Waals surface area contributed by atoms with Gasteiger partial charge in [-0.1, -0.05) is 144 Å². The molecule has 2 heterocycles. The van der Waals surface area contributed by atoms with Crippen molar-refractivity contribution in [2.45, 2.75) is 89.0 Å². The van der Waals surface area contributed by atoms with Crippen molar-refractivity contribution in [3.63, 3.8) is 0 Å². The Balaban J connectivity index is 0.000000384. The molecule has 52 heavy (non-hydrogen) atoms. The molecule has 5 aromatic carbocycles. The van der Waals surface area contributed by atoms with Gasteiger partial charge in [-0.25, -0.2) is 0 Å². The van der Waals surface area contributed by atoms with E-state index in [0.717, 1.165) is 18.5 Å². The molecule has 0 fully saturated rings. The molecule has 0 aliphatic heterocycles. The second-order valence-electron chi connectivity index (χ2n) is 12.2. The molecule has 0 bridgehead atoms.